The SMILES string of the molecule is COc1cc(OC)cc(C(C)NC(=O)c2cc(F)c(F)c(CNC3=NCCN3)c2)c1. The molecule has 0 radical (unpaired) electrons. The fourth-order valence-corrected chi connectivity index (χ4v) is 3.04. The normalized spacial score (nSPS) is 13.8. The highest BCUT2D eigenvalue weighted by Crippen LogP contribution is 2.26. The molecule has 1 amide bonds. The topological polar surface area (TPSA) is 84.0 Å². The Labute approximate surface area is 173 Å². The molecule has 0 aliphatic carbocycles. The van der Waals surface area contributed by atoms with Gasteiger partial charge in [-0.3, -0.25) is 9.79 Å². The van der Waals surface area contributed by atoms with Crippen molar-refractivity contribution in [3.63, 3.8) is 0 Å². The summed E-state index contributed by atoms with van der Waals surface area (Å²) in [7, 11) is 3.07. The number of aliphatic imine (C=N–C) groups is 1. The number of guanidine groups is 1. The van der Waals surface area contributed by atoms with Gasteiger partial charge in [0.25, 0.3) is 5.91 Å². The summed E-state index contributed by atoms with van der Waals surface area (Å²) < 4.78 is 38.8. The molecule has 0 fully saturated rings. The van der Waals surface area contributed by atoms with Gasteiger partial charge in [0.05, 0.1) is 26.8 Å². The Kier molecular flexibility index (Phi) is 6.71. The van der Waals surface area contributed by atoms with E-state index in [1.807, 2.05) is 0 Å². The van der Waals surface area contributed by atoms with Crippen molar-refractivity contribution in [2.75, 3.05) is 27.3 Å². The van der Waals surface area contributed by atoms with Gasteiger partial charge in [-0.1, -0.05) is 0 Å². The fourth-order valence-electron chi connectivity index (χ4n) is 3.04. The van der Waals surface area contributed by atoms with Crippen LogP contribution in [0.5, 0.6) is 11.5 Å². The second kappa shape index (κ2) is 9.43. The summed E-state index contributed by atoms with van der Waals surface area (Å²) in [5.41, 5.74) is 0.801. The molecule has 0 saturated carbocycles. The van der Waals surface area contributed by atoms with E-state index in [9.17, 15) is 13.6 Å². The van der Waals surface area contributed by atoms with Gasteiger partial charge in [-0.15, -0.1) is 0 Å². The zero-order chi connectivity index (χ0) is 21.7. The van der Waals surface area contributed by atoms with Gasteiger partial charge in [0.15, 0.2) is 17.6 Å². The number of amides is 1. The minimum Gasteiger partial charge on any atom is -0.497 e. The van der Waals surface area contributed by atoms with E-state index in [1.165, 1.54) is 20.3 Å². The molecule has 1 heterocycles. The number of carbonyl (C=O) groups is 1. The molecule has 1 aliphatic heterocycles. The summed E-state index contributed by atoms with van der Waals surface area (Å²) in [5, 5.41) is 8.67. The first-order valence-electron chi connectivity index (χ1n) is 9.45. The standard InChI is InChI=1S/C21H24F2N4O3/c1-12(13-7-16(29-2)10-17(8-13)30-3)27-20(28)14-6-15(19(23)18(22)9-14)11-26-21-24-4-5-25-21/h6-10,12H,4-5,11H2,1-3H3,(H,27,28)(H2,24,25,26). The van der Waals surface area contributed by atoms with E-state index in [4.69, 9.17) is 9.47 Å². The second-order valence-corrected chi connectivity index (χ2v) is 6.78. The van der Waals surface area contributed by atoms with Crippen molar-refractivity contribution in [3.8, 4) is 11.5 Å². The minimum absolute atomic E-state index is 0.00164. The van der Waals surface area contributed by atoms with Gasteiger partial charge in [0, 0.05) is 30.3 Å². The molecule has 3 N–H and O–H groups in total. The van der Waals surface area contributed by atoms with Crippen LogP contribution in [0.3, 0.4) is 0 Å². The van der Waals surface area contributed by atoms with Crippen LogP contribution in [-0.2, 0) is 6.54 Å². The predicted molar refractivity (Wildman–Crippen MR) is 109 cm³/mol. The Bertz CT molecular complexity index is 943. The third-order valence-electron chi connectivity index (χ3n) is 4.71. The van der Waals surface area contributed by atoms with Gasteiger partial charge < -0.3 is 25.4 Å². The maximum Gasteiger partial charge on any atom is 0.251 e. The molecule has 2 aromatic carbocycles. The van der Waals surface area contributed by atoms with Gasteiger partial charge in [-0.2, -0.15) is 0 Å². The fraction of sp³-hybridized carbons (Fsp3) is 0.333. The molecule has 0 spiro atoms. The van der Waals surface area contributed by atoms with Crippen molar-refractivity contribution >= 4 is 11.9 Å². The molecule has 0 saturated heterocycles. The van der Waals surface area contributed by atoms with Gasteiger partial charge in [0.1, 0.15) is 11.5 Å². The monoisotopic (exact) mass is 418 g/mol. The van der Waals surface area contributed by atoms with Crippen LogP contribution >= 0.6 is 0 Å². The van der Waals surface area contributed by atoms with E-state index in [1.54, 1.807) is 25.1 Å². The van der Waals surface area contributed by atoms with Gasteiger partial charge in [-0.05, 0) is 36.8 Å². The molecule has 160 valence electrons. The van der Waals surface area contributed by atoms with E-state index in [0.717, 1.165) is 11.6 Å². The number of nitrogens with zero attached hydrogens (tertiary/aromatic N) is 1. The largest absolute Gasteiger partial charge is 0.497 e. The Balaban J connectivity index is 1.76. The van der Waals surface area contributed by atoms with Crippen molar-refractivity contribution in [2.24, 2.45) is 4.99 Å². The van der Waals surface area contributed by atoms with E-state index in [-0.39, 0.29) is 17.7 Å². The molecule has 30 heavy (non-hydrogen) atoms. The lowest BCUT2D eigenvalue weighted by molar-refractivity contribution is 0.0939. The van der Waals surface area contributed by atoms with E-state index in [0.29, 0.717) is 30.5 Å². The Morgan fingerprint density at radius 1 is 1.17 bits per heavy atom. The van der Waals surface area contributed by atoms with Gasteiger partial charge in [-0.25, -0.2) is 8.78 Å². The maximum absolute atomic E-state index is 14.2. The molecule has 0 bridgehead atoms. The Morgan fingerprint density at radius 2 is 1.87 bits per heavy atom. The summed E-state index contributed by atoms with van der Waals surface area (Å²) in [4.78, 5) is 16.8. The lowest BCUT2D eigenvalue weighted by Crippen LogP contribution is -2.33. The third-order valence-corrected chi connectivity index (χ3v) is 4.71. The number of rotatable bonds is 7. The lowest BCUT2D eigenvalue weighted by atomic mass is 10.1. The number of methoxy groups -OCH3 is 2. The van der Waals surface area contributed by atoms with Crippen LogP contribution in [0.25, 0.3) is 0 Å². The van der Waals surface area contributed by atoms with Crippen molar-refractivity contribution in [1.29, 1.82) is 0 Å². The number of hydrogen-bond acceptors (Lipinski definition) is 6. The Hall–Kier alpha value is -3.36. The van der Waals surface area contributed by atoms with Crippen molar-refractivity contribution < 1.29 is 23.0 Å². The first kappa shape index (κ1) is 21.4. The average molecular weight is 418 g/mol. The first-order valence-corrected chi connectivity index (χ1v) is 9.45. The molecule has 1 atom stereocenters. The minimum atomic E-state index is -1.09. The quantitative estimate of drug-likeness (QED) is 0.644. The van der Waals surface area contributed by atoms with Crippen LogP contribution < -0.4 is 25.4 Å². The van der Waals surface area contributed by atoms with Crippen molar-refractivity contribution in [1.82, 2.24) is 16.0 Å². The lowest BCUT2D eigenvalue weighted by Gasteiger charge is -2.17. The predicted octanol–water partition coefficient (Wildman–Crippen LogP) is 2.52. The molecule has 1 aliphatic rings. The smallest absolute Gasteiger partial charge is 0.251 e. The summed E-state index contributed by atoms with van der Waals surface area (Å²) in [5.74, 6) is -0.934. The van der Waals surface area contributed by atoms with E-state index < -0.39 is 23.6 Å². The summed E-state index contributed by atoms with van der Waals surface area (Å²) in [6, 6.07) is 7.05. The highest BCUT2D eigenvalue weighted by Gasteiger charge is 2.18. The maximum atomic E-state index is 14.2. The zero-order valence-electron chi connectivity index (χ0n) is 17.0. The molecular weight excluding hydrogens is 394 g/mol. The van der Waals surface area contributed by atoms with Gasteiger partial charge in [0.2, 0.25) is 0 Å². The molecule has 7 nitrogen and oxygen atoms in total. The second-order valence-electron chi connectivity index (χ2n) is 6.78. The third kappa shape index (κ3) is 4.97. The molecule has 2 aromatic rings. The molecule has 0 aromatic heterocycles. The molecular formula is C21H24F2N4O3. The summed E-state index contributed by atoms with van der Waals surface area (Å²) in [6.07, 6.45) is 0. The van der Waals surface area contributed by atoms with Crippen LogP contribution in [0, 0.1) is 11.6 Å². The summed E-state index contributed by atoms with van der Waals surface area (Å²) >= 11 is 0. The van der Waals surface area contributed by atoms with E-state index >= 15 is 0 Å². The van der Waals surface area contributed by atoms with Crippen LogP contribution in [-0.4, -0.2) is 39.2 Å². The number of ether oxygens (including phenoxy) is 2. The highest BCUT2D eigenvalue weighted by molar-refractivity contribution is 5.94. The molecule has 1 unspecified atom stereocenters. The molecule has 3 rings (SSSR count). The van der Waals surface area contributed by atoms with Gasteiger partial charge >= 0.3 is 0 Å². The average Bonchev–Trinajstić information content (AvgIpc) is 3.27. The van der Waals surface area contributed by atoms with E-state index in [2.05, 4.69) is 20.9 Å². The summed E-state index contributed by atoms with van der Waals surface area (Å²) in [6.45, 7) is 3.08. The van der Waals surface area contributed by atoms with Crippen LogP contribution in [0.1, 0.15) is 34.5 Å². The number of carbonyl (C=O) groups excluding carboxylic acids is 1. The first-order chi connectivity index (χ1) is 14.4. The number of hydrogen-bond donors (Lipinski definition) is 3. The zero-order valence-corrected chi connectivity index (χ0v) is 17.0. The van der Waals surface area contributed by atoms with Crippen molar-refractivity contribution in [2.45, 2.75) is 19.5 Å². The van der Waals surface area contributed by atoms with Crippen molar-refractivity contribution in [3.05, 3.63) is 58.7 Å². The number of halogens is 2. The Morgan fingerprint density at radius 3 is 2.47 bits per heavy atom. The van der Waals surface area contributed by atoms with Crippen LogP contribution in [0.4, 0.5) is 8.78 Å². The molecule has 9 heteroatoms. The van der Waals surface area contributed by atoms with Crippen LogP contribution in [0.2, 0.25) is 0 Å². The number of benzene rings is 2. The van der Waals surface area contributed by atoms with Crippen LogP contribution in [0.15, 0.2) is 35.3 Å². The number of nitrogens with one attached hydrogen (secondary N) is 3. The highest BCUT2D eigenvalue weighted by atomic mass is 19.2.